The van der Waals surface area contributed by atoms with Crippen LogP contribution in [0.5, 0.6) is 0 Å². The highest BCUT2D eigenvalue weighted by Crippen LogP contribution is 2.17. The fraction of sp³-hybridized carbons (Fsp3) is 0.750. The molecule has 4 nitrogen and oxygen atoms in total. The number of hydrogen-bond acceptors (Lipinski definition) is 3. The Bertz CT molecular complexity index is 326. The normalized spacial score (nSPS) is 20.5. The lowest BCUT2D eigenvalue weighted by atomic mass is 10.1. The Hall–Kier alpha value is -0.580. The predicted molar refractivity (Wildman–Crippen MR) is 72.5 cm³/mol. The summed E-state index contributed by atoms with van der Waals surface area (Å²) in [6.07, 6.45) is 5.48. The minimum atomic E-state index is 0. The average molecular weight is 259 g/mol. The monoisotopic (exact) mass is 258 g/mol. The number of hydrogen-bond donors (Lipinski definition) is 1. The van der Waals surface area contributed by atoms with Gasteiger partial charge < -0.3 is 5.32 Å². The van der Waals surface area contributed by atoms with Crippen LogP contribution in [0.1, 0.15) is 18.9 Å². The Morgan fingerprint density at radius 1 is 1.53 bits per heavy atom. The van der Waals surface area contributed by atoms with Crippen molar-refractivity contribution in [3.63, 3.8) is 0 Å². The Labute approximate surface area is 110 Å². The summed E-state index contributed by atoms with van der Waals surface area (Å²) in [5, 5.41) is 7.57. The summed E-state index contributed by atoms with van der Waals surface area (Å²) >= 11 is 0. The predicted octanol–water partition coefficient (Wildman–Crippen LogP) is 1.37. The van der Waals surface area contributed by atoms with Crippen molar-refractivity contribution in [1.29, 1.82) is 0 Å². The summed E-state index contributed by atoms with van der Waals surface area (Å²) < 4.78 is 2.00. The van der Waals surface area contributed by atoms with Crippen LogP contribution in [-0.4, -0.2) is 41.4 Å². The van der Waals surface area contributed by atoms with Gasteiger partial charge in [0.2, 0.25) is 0 Å². The van der Waals surface area contributed by atoms with Gasteiger partial charge in [-0.3, -0.25) is 9.58 Å². The second-order valence-corrected chi connectivity index (χ2v) is 4.65. The van der Waals surface area contributed by atoms with Crippen molar-refractivity contribution in [2.45, 2.75) is 26.4 Å². The van der Waals surface area contributed by atoms with Crippen molar-refractivity contribution in [1.82, 2.24) is 20.0 Å². The molecule has 1 aromatic heterocycles. The number of halogens is 1. The van der Waals surface area contributed by atoms with Gasteiger partial charge in [-0.1, -0.05) is 0 Å². The molecular formula is C12H23ClN4. The van der Waals surface area contributed by atoms with Gasteiger partial charge in [0.1, 0.15) is 0 Å². The van der Waals surface area contributed by atoms with E-state index < -0.39 is 0 Å². The van der Waals surface area contributed by atoms with Gasteiger partial charge in [-0.05, 0) is 39.4 Å². The maximum Gasteiger partial charge on any atom is 0.0534 e. The summed E-state index contributed by atoms with van der Waals surface area (Å²) in [5.41, 5.74) is 1.34. The Morgan fingerprint density at radius 2 is 2.35 bits per heavy atom. The van der Waals surface area contributed by atoms with Crippen LogP contribution < -0.4 is 5.32 Å². The zero-order valence-corrected chi connectivity index (χ0v) is 11.5. The molecule has 98 valence electrons. The topological polar surface area (TPSA) is 33.1 Å². The maximum absolute atomic E-state index is 4.31. The molecule has 17 heavy (non-hydrogen) atoms. The van der Waals surface area contributed by atoms with Gasteiger partial charge in [0.25, 0.3) is 0 Å². The van der Waals surface area contributed by atoms with E-state index in [0.29, 0.717) is 0 Å². The summed E-state index contributed by atoms with van der Waals surface area (Å²) in [4.78, 5) is 2.53. The first-order valence-electron chi connectivity index (χ1n) is 6.20. The Balaban J connectivity index is 0.00000144. The summed E-state index contributed by atoms with van der Waals surface area (Å²) in [5.74, 6) is 0.825. The highest BCUT2D eigenvalue weighted by atomic mass is 35.5. The van der Waals surface area contributed by atoms with Crippen LogP contribution in [-0.2, 0) is 13.1 Å². The van der Waals surface area contributed by atoms with E-state index in [4.69, 9.17) is 0 Å². The molecule has 2 rings (SSSR count). The number of nitrogens with zero attached hydrogens (tertiary/aromatic N) is 3. The van der Waals surface area contributed by atoms with Crippen molar-refractivity contribution in [3.8, 4) is 0 Å². The highest BCUT2D eigenvalue weighted by molar-refractivity contribution is 5.85. The van der Waals surface area contributed by atoms with Crippen molar-refractivity contribution in [3.05, 3.63) is 18.0 Å². The minimum absolute atomic E-state index is 0. The van der Waals surface area contributed by atoms with E-state index in [1.54, 1.807) is 0 Å². The first-order chi connectivity index (χ1) is 7.81. The molecule has 0 aromatic carbocycles. The van der Waals surface area contributed by atoms with Crippen LogP contribution in [0, 0.1) is 5.92 Å². The van der Waals surface area contributed by atoms with Crippen molar-refractivity contribution >= 4 is 12.4 Å². The molecule has 0 amide bonds. The smallest absolute Gasteiger partial charge is 0.0534 e. The average Bonchev–Trinajstić information content (AvgIpc) is 2.89. The first-order valence-corrected chi connectivity index (χ1v) is 6.20. The number of nitrogens with one attached hydrogen (secondary N) is 1. The van der Waals surface area contributed by atoms with Crippen LogP contribution in [0.3, 0.4) is 0 Å². The molecule has 2 heterocycles. The largest absolute Gasteiger partial charge is 0.319 e. The van der Waals surface area contributed by atoms with E-state index in [2.05, 4.69) is 28.4 Å². The number of likely N-dealkylation sites (tertiary alicyclic amines) is 1. The molecule has 5 heteroatoms. The van der Waals surface area contributed by atoms with Crippen LogP contribution in [0.2, 0.25) is 0 Å². The van der Waals surface area contributed by atoms with Crippen LogP contribution >= 0.6 is 12.4 Å². The van der Waals surface area contributed by atoms with Gasteiger partial charge in [0, 0.05) is 31.4 Å². The van der Waals surface area contributed by atoms with Crippen LogP contribution in [0.15, 0.2) is 12.4 Å². The van der Waals surface area contributed by atoms with Crippen molar-refractivity contribution < 1.29 is 0 Å². The molecule has 0 radical (unpaired) electrons. The lowest BCUT2D eigenvalue weighted by molar-refractivity contribution is 0.315. The van der Waals surface area contributed by atoms with Crippen LogP contribution in [0.4, 0.5) is 0 Å². The van der Waals surface area contributed by atoms with Gasteiger partial charge in [0.15, 0.2) is 0 Å². The van der Waals surface area contributed by atoms with E-state index in [-0.39, 0.29) is 12.4 Å². The van der Waals surface area contributed by atoms with E-state index in [9.17, 15) is 0 Å². The highest BCUT2D eigenvalue weighted by Gasteiger charge is 2.21. The molecule has 0 spiro atoms. The quantitative estimate of drug-likeness (QED) is 0.866. The molecule has 1 saturated heterocycles. The molecule has 0 aliphatic carbocycles. The van der Waals surface area contributed by atoms with Crippen molar-refractivity contribution in [2.75, 3.05) is 26.7 Å². The molecule has 1 N–H and O–H groups in total. The second-order valence-electron chi connectivity index (χ2n) is 4.65. The molecule has 1 aliphatic rings. The molecule has 1 aliphatic heterocycles. The Morgan fingerprint density at radius 3 is 3.00 bits per heavy atom. The first kappa shape index (κ1) is 14.5. The zero-order chi connectivity index (χ0) is 11.4. The minimum Gasteiger partial charge on any atom is -0.319 e. The SMILES string of the molecule is CCn1cc(CN2CCC(CNC)C2)cn1.Cl. The number of aryl methyl sites for hydroxylation is 1. The van der Waals surface area contributed by atoms with Gasteiger partial charge >= 0.3 is 0 Å². The van der Waals surface area contributed by atoms with Crippen LogP contribution in [0.25, 0.3) is 0 Å². The number of rotatable bonds is 5. The maximum atomic E-state index is 4.31. The van der Waals surface area contributed by atoms with Gasteiger partial charge in [0.05, 0.1) is 6.20 Å². The van der Waals surface area contributed by atoms with Gasteiger partial charge in [-0.25, -0.2) is 0 Å². The fourth-order valence-electron chi connectivity index (χ4n) is 2.43. The third kappa shape index (κ3) is 3.98. The van der Waals surface area contributed by atoms with Gasteiger partial charge in [-0.15, -0.1) is 12.4 Å². The van der Waals surface area contributed by atoms with E-state index in [0.717, 1.165) is 25.6 Å². The molecule has 0 bridgehead atoms. The van der Waals surface area contributed by atoms with Gasteiger partial charge in [-0.2, -0.15) is 5.10 Å². The third-order valence-electron chi connectivity index (χ3n) is 3.28. The lowest BCUT2D eigenvalue weighted by Crippen LogP contribution is -2.24. The molecule has 1 fully saturated rings. The van der Waals surface area contributed by atoms with E-state index >= 15 is 0 Å². The summed E-state index contributed by atoms with van der Waals surface area (Å²) in [6, 6.07) is 0. The second kappa shape index (κ2) is 6.99. The van der Waals surface area contributed by atoms with E-state index in [1.807, 2.05) is 17.9 Å². The molecule has 1 unspecified atom stereocenters. The van der Waals surface area contributed by atoms with E-state index in [1.165, 1.54) is 25.1 Å². The summed E-state index contributed by atoms with van der Waals surface area (Å²) in [7, 11) is 2.04. The lowest BCUT2D eigenvalue weighted by Gasteiger charge is -2.14. The Kier molecular flexibility index (Phi) is 5.95. The third-order valence-corrected chi connectivity index (χ3v) is 3.28. The van der Waals surface area contributed by atoms with Crippen molar-refractivity contribution in [2.24, 2.45) is 5.92 Å². The molecular weight excluding hydrogens is 236 g/mol. The fourth-order valence-corrected chi connectivity index (χ4v) is 2.43. The number of aromatic nitrogens is 2. The summed E-state index contributed by atoms with van der Waals surface area (Å²) in [6.45, 7) is 7.73. The molecule has 1 atom stereocenters. The molecule has 0 saturated carbocycles. The molecule has 1 aromatic rings. The zero-order valence-electron chi connectivity index (χ0n) is 10.7. The standard InChI is InChI=1S/C12H22N4.ClH/c1-3-16-10-12(7-14-16)9-15-5-4-11(8-15)6-13-2;/h7,10-11,13H,3-6,8-9H2,1-2H3;1H.